The summed E-state index contributed by atoms with van der Waals surface area (Å²) in [5.41, 5.74) is 5.48. The lowest BCUT2D eigenvalue weighted by Crippen LogP contribution is -2.49. The molecule has 39 heavy (non-hydrogen) atoms. The number of piperazine rings is 1. The number of anilines is 2. The van der Waals surface area contributed by atoms with E-state index in [0.29, 0.717) is 34.7 Å². The molecule has 5 rings (SSSR count). The summed E-state index contributed by atoms with van der Waals surface area (Å²) >= 11 is 7.86. The number of nitrogens with zero attached hydrogens (tertiary/aromatic N) is 5. The summed E-state index contributed by atoms with van der Waals surface area (Å²) in [7, 11) is 2.00. The SMILES string of the molecule is Cc1ccccc1N1CCN(C(=O)c2cccc(CSc3nc(Cl)cc(N(C)Cc4ccccc4)n3)c2)CC1. The molecule has 2 heterocycles. The summed E-state index contributed by atoms with van der Waals surface area (Å²) in [4.78, 5) is 28.8. The molecule has 1 aliphatic rings. The van der Waals surface area contributed by atoms with Crippen LogP contribution in [0.5, 0.6) is 0 Å². The van der Waals surface area contributed by atoms with Crippen molar-refractivity contribution in [2.45, 2.75) is 24.4 Å². The molecule has 200 valence electrons. The number of halogens is 1. The first-order valence-corrected chi connectivity index (χ1v) is 14.4. The van der Waals surface area contributed by atoms with Crippen molar-refractivity contribution < 1.29 is 4.79 Å². The van der Waals surface area contributed by atoms with Crippen LogP contribution in [0.4, 0.5) is 11.5 Å². The first-order valence-electron chi connectivity index (χ1n) is 13.1. The Balaban J connectivity index is 1.19. The Bertz CT molecular complexity index is 1430. The topological polar surface area (TPSA) is 52.6 Å². The van der Waals surface area contributed by atoms with Crippen molar-refractivity contribution in [3.05, 3.63) is 112 Å². The summed E-state index contributed by atoms with van der Waals surface area (Å²) in [5, 5.41) is 1.03. The quantitative estimate of drug-likeness (QED) is 0.143. The van der Waals surface area contributed by atoms with Crippen molar-refractivity contribution in [2.75, 3.05) is 43.0 Å². The van der Waals surface area contributed by atoms with Crippen LogP contribution >= 0.6 is 23.4 Å². The summed E-state index contributed by atoms with van der Waals surface area (Å²) < 4.78 is 0. The van der Waals surface area contributed by atoms with Gasteiger partial charge < -0.3 is 14.7 Å². The smallest absolute Gasteiger partial charge is 0.253 e. The first kappa shape index (κ1) is 27.0. The zero-order chi connectivity index (χ0) is 27.2. The fourth-order valence-corrected chi connectivity index (χ4v) is 5.80. The number of hydrogen-bond acceptors (Lipinski definition) is 6. The van der Waals surface area contributed by atoms with Gasteiger partial charge in [0, 0.05) is 62.8 Å². The Morgan fingerprint density at radius 3 is 2.38 bits per heavy atom. The number of aryl methyl sites for hydroxylation is 1. The molecule has 1 aromatic heterocycles. The minimum Gasteiger partial charge on any atom is -0.368 e. The van der Waals surface area contributed by atoms with Gasteiger partial charge in [0.15, 0.2) is 5.16 Å². The number of para-hydroxylation sites is 1. The van der Waals surface area contributed by atoms with E-state index in [0.717, 1.165) is 31.0 Å². The number of rotatable bonds is 8. The van der Waals surface area contributed by atoms with Crippen molar-refractivity contribution in [1.82, 2.24) is 14.9 Å². The van der Waals surface area contributed by atoms with Crippen molar-refractivity contribution >= 4 is 40.8 Å². The normalized spacial score (nSPS) is 13.4. The van der Waals surface area contributed by atoms with Gasteiger partial charge in [-0.05, 0) is 41.8 Å². The molecule has 1 saturated heterocycles. The highest BCUT2D eigenvalue weighted by Crippen LogP contribution is 2.26. The Kier molecular flexibility index (Phi) is 8.69. The number of thioether (sulfide) groups is 1. The maximum absolute atomic E-state index is 13.3. The Hall–Kier alpha value is -3.55. The summed E-state index contributed by atoms with van der Waals surface area (Å²) in [5.74, 6) is 1.50. The average Bonchev–Trinajstić information content (AvgIpc) is 2.96. The van der Waals surface area contributed by atoms with E-state index in [1.807, 2.05) is 54.4 Å². The van der Waals surface area contributed by atoms with Crippen molar-refractivity contribution in [3.8, 4) is 0 Å². The first-order chi connectivity index (χ1) is 19.0. The van der Waals surface area contributed by atoms with Gasteiger partial charge in [-0.15, -0.1) is 0 Å². The van der Waals surface area contributed by atoms with Gasteiger partial charge in [-0.2, -0.15) is 0 Å². The van der Waals surface area contributed by atoms with Gasteiger partial charge in [-0.25, -0.2) is 9.97 Å². The number of hydrogen-bond donors (Lipinski definition) is 0. The van der Waals surface area contributed by atoms with Gasteiger partial charge >= 0.3 is 0 Å². The second-order valence-corrected chi connectivity index (χ2v) is 11.1. The highest BCUT2D eigenvalue weighted by atomic mass is 35.5. The van der Waals surface area contributed by atoms with Crippen LogP contribution in [-0.4, -0.2) is 54.0 Å². The van der Waals surface area contributed by atoms with E-state index in [-0.39, 0.29) is 5.91 Å². The Labute approximate surface area is 239 Å². The zero-order valence-corrected chi connectivity index (χ0v) is 23.8. The zero-order valence-electron chi connectivity index (χ0n) is 22.3. The van der Waals surface area contributed by atoms with Crippen LogP contribution in [0.2, 0.25) is 5.15 Å². The number of aromatic nitrogens is 2. The fraction of sp³-hybridized carbons (Fsp3) is 0.258. The molecule has 4 aromatic rings. The van der Waals surface area contributed by atoms with Crippen LogP contribution in [0.3, 0.4) is 0 Å². The predicted molar refractivity (Wildman–Crippen MR) is 161 cm³/mol. The van der Waals surface area contributed by atoms with Gasteiger partial charge in [0.05, 0.1) is 0 Å². The van der Waals surface area contributed by atoms with Crippen molar-refractivity contribution in [2.24, 2.45) is 0 Å². The molecule has 1 aliphatic heterocycles. The molecule has 1 fully saturated rings. The molecule has 0 N–H and O–H groups in total. The summed E-state index contributed by atoms with van der Waals surface area (Å²) in [6.45, 7) is 5.94. The average molecular weight is 558 g/mol. The van der Waals surface area contributed by atoms with E-state index in [1.54, 1.807) is 6.07 Å². The Morgan fingerprint density at radius 2 is 1.62 bits per heavy atom. The lowest BCUT2D eigenvalue weighted by Gasteiger charge is -2.36. The van der Waals surface area contributed by atoms with Crippen LogP contribution in [-0.2, 0) is 12.3 Å². The lowest BCUT2D eigenvalue weighted by molar-refractivity contribution is 0.0746. The third-order valence-electron chi connectivity index (χ3n) is 6.88. The van der Waals surface area contributed by atoms with Crippen LogP contribution in [0.15, 0.2) is 90.1 Å². The molecule has 0 atom stereocenters. The van der Waals surface area contributed by atoms with E-state index in [1.165, 1.54) is 28.6 Å². The predicted octanol–water partition coefficient (Wildman–Crippen LogP) is 6.33. The standard InChI is InChI=1S/C31H32ClN5OS/c1-23-9-6-7-14-27(23)36-15-17-37(18-16-36)30(38)26-13-8-12-25(19-26)22-39-31-33-28(32)20-29(34-31)35(2)21-24-10-4-3-5-11-24/h3-14,19-20H,15-18,21-22H2,1-2H3. The molecule has 6 nitrogen and oxygen atoms in total. The summed E-state index contributed by atoms with van der Waals surface area (Å²) in [6.07, 6.45) is 0. The highest BCUT2D eigenvalue weighted by Gasteiger charge is 2.23. The van der Waals surface area contributed by atoms with Crippen LogP contribution in [0.1, 0.15) is 27.0 Å². The van der Waals surface area contributed by atoms with E-state index in [2.05, 4.69) is 58.1 Å². The van der Waals surface area contributed by atoms with Gasteiger partial charge in [0.2, 0.25) is 0 Å². The second kappa shape index (κ2) is 12.5. The number of carbonyl (C=O) groups excluding carboxylic acids is 1. The molecule has 0 unspecified atom stereocenters. The molecule has 0 radical (unpaired) electrons. The van der Waals surface area contributed by atoms with Gasteiger partial charge in [-0.1, -0.05) is 84.0 Å². The molecule has 0 spiro atoms. The molecule has 0 saturated carbocycles. The van der Waals surface area contributed by atoms with E-state index in [4.69, 9.17) is 16.6 Å². The van der Waals surface area contributed by atoms with E-state index in [9.17, 15) is 4.79 Å². The Morgan fingerprint density at radius 1 is 0.897 bits per heavy atom. The lowest BCUT2D eigenvalue weighted by atomic mass is 10.1. The van der Waals surface area contributed by atoms with Gasteiger partial charge in [0.25, 0.3) is 5.91 Å². The molecule has 8 heteroatoms. The van der Waals surface area contributed by atoms with Crippen molar-refractivity contribution in [1.29, 1.82) is 0 Å². The summed E-state index contributed by atoms with van der Waals surface area (Å²) in [6, 6.07) is 28.3. The maximum atomic E-state index is 13.3. The molecule has 0 bridgehead atoms. The van der Waals surface area contributed by atoms with Gasteiger partial charge in [-0.3, -0.25) is 4.79 Å². The molecular formula is C31H32ClN5OS. The highest BCUT2D eigenvalue weighted by molar-refractivity contribution is 7.98. The van der Waals surface area contributed by atoms with Crippen LogP contribution in [0, 0.1) is 6.92 Å². The fourth-order valence-electron chi connectivity index (χ4n) is 4.78. The monoisotopic (exact) mass is 557 g/mol. The largest absolute Gasteiger partial charge is 0.368 e. The second-order valence-electron chi connectivity index (χ2n) is 9.73. The number of carbonyl (C=O) groups is 1. The van der Waals surface area contributed by atoms with Gasteiger partial charge in [0.1, 0.15) is 11.0 Å². The third-order valence-corrected chi connectivity index (χ3v) is 7.99. The van der Waals surface area contributed by atoms with E-state index >= 15 is 0 Å². The molecular weight excluding hydrogens is 526 g/mol. The minimum atomic E-state index is 0.0788. The third kappa shape index (κ3) is 6.91. The molecule has 0 aliphatic carbocycles. The molecule has 1 amide bonds. The van der Waals surface area contributed by atoms with E-state index < -0.39 is 0 Å². The maximum Gasteiger partial charge on any atom is 0.253 e. The van der Waals surface area contributed by atoms with Crippen molar-refractivity contribution in [3.63, 3.8) is 0 Å². The number of benzene rings is 3. The van der Waals surface area contributed by atoms with Crippen LogP contribution in [0.25, 0.3) is 0 Å². The minimum absolute atomic E-state index is 0.0788. The number of amides is 1. The molecule has 3 aromatic carbocycles. The van der Waals surface area contributed by atoms with Crippen LogP contribution < -0.4 is 9.80 Å².